The van der Waals surface area contributed by atoms with Crippen LogP contribution < -0.4 is 0 Å². The van der Waals surface area contributed by atoms with Crippen LogP contribution in [0.3, 0.4) is 0 Å². The van der Waals surface area contributed by atoms with E-state index in [-0.39, 0.29) is 12.5 Å². The number of aliphatic carboxylic acids is 1. The number of carbonyl (C=O) groups is 1. The third kappa shape index (κ3) is 4.35. The van der Waals surface area contributed by atoms with Crippen LogP contribution in [-0.4, -0.2) is 31.3 Å². The Labute approximate surface area is 131 Å². The maximum Gasteiger partial charge on any atom is 0.305 e. The molecule has 0 spiro atoms. The van der Waals surface area contributed by atoms with Crippen molar-refractivity contribution in [1.29, 1.82) is 0 Å². The minimum atomic E-state index is -0.835. The van der Waals surface area contributed by atoms with Crippen LogP contribution in [-0.2, 0) is 11.2 Å². The average Bonchev–Trinajstić information content (AvgIpc) is 2.88. The molecule has 1 unspecified atom stereocenters. The van der Waals surface area contributed by atoms with Crippen molar-refractivity contribution >= 4 is 21.9 Å². The molecular weight excluding hydrogens is 336 g/mol. The molecule has 0 radical (unpaired) electrons. The van der Waals surface area contributed by atoms with Gasteiger partial charge >= 0.3 is 5.97 Å². The molecule has 21 heavy (non-hydrogen) atoms. The topological polar surface area (TPSA) is 80.9 Å². The molecule has 2 rings (SSSR count). The predicted octanol–water partition coefficient (Wildman–Crippen LogP) is 2.84. The zero-order valence-electron chi connectivity index (χ0n) is 11.7. The maximum absolute atomic E-state index is 11.0. The van der Waals surface area contributed by atoms with E-state index in [9.17, 15) is 4.79 Å². The number of aromatic nitrogens is 4. The van der Waals surface area contributed by atoms with Crippen molar-refractivity contribution in [3.63, 3.8) is 0 Å². The summed E-state index contributed by atoms with van der Waals surface area (Å²) in [5.41, 5.74) is 1.08. The lowest BCUT2D eigenvalue weighted by molar-refractivity contribution is -0.138. The van der Waals surface area contributed by atoms with Crippen LogP contribution in [0.1, 0.15) is 43.6 Å². The van der Waals surface area contributed by atoms with Gasteiger partial charge in [-0.05, 0) is 34.5 Å². The average molecular weight is 353 g/mol. The fourth-order valence-electron chi connectivity index (χ4n) is 2.24. The van der Waals surface area contributed by atoms with Gasteiger partial charge in [-0.3, -0.25) is 4.79 Å². The van der Waals surface area contributed by atoms with Gasteiger partial charge in [0.1, 0.15) is 0 Å². The number of hydrogen-bond donors (Lipinski definition) is 1. The zero-order valence-corrected chi connectivity index (χ0v) is 13.3. The third-order valence-corrected chi connectivity index (χ3v) is 3.74. The Morgan fingerprint density at radius 2 is 2.10 bits per heavy atom. The Balaban J connectivity index is 2.19. The van der Waals surface area contributed by atoms with Gasteiger partial charge in [-0.15, -0.1) is 5.10 Å². The molecule has 0 aliphatic rings. The van der Waals surface area contributed by atoms with Crippen molar-refractivity contribution in [2.45, 2.75) is 38.6 Å². The Morgan fingerprint density at radius 3 is 2.71 bits per heavy atom. The lowest BCUT2D eigenvalue weighted by atomic mass is 10.1. The summed E-state index contributed by atoms with van der Waals surface area (Å²) in [6.07, 6.45) is 2.24. The van der Waals surface area contributed by atoms with Gasteiger partial charge in [0, 0.05) is 10.9 Å². The van der Waals surface area contributed by atoms with Crippen LogP contribution in [0.2, 0.25) is 0 Å². The minimum absolute atomic E-state index is 0.0339. The number of carboxylic acid groups (broad SMARTS) is 1. The van der Waals surface area contributed by atoms with Gasteiger partial charge in [-0.2, -0.15) is 0 Å². The van der Waals surface area contributed by atoms with Gasteiger partial charge in [-0.25, -0.2) is 4.68 Å². The summed E-state index contributed by atoms with van der Waals surface area (Å²) < 4.78 is 2.67. The van der Waals surface area contributed by atoms with E-state index in [4.69, 9.17) is 5.11 Å². The van der Waals surface area contributed by atoms with Crippen molar-refractivity contribution in [3.8, 4) is 0 Å². The van der Waals surface area contributed by atoms with Gasteiger partial charge in [0.15, 0.2) is 5.82 Å². The van der Waals surface area contributed by atoms with Crippen LogP contribution >= 0.6 is 15.9 Å². The van der Waals surface area contributed by atoms with Gasteiger partial charge < -0.3 is 5.11 Å². The zero-order chi connectivity index (χ0) is 15.2. The number of rotatable bonds is 7. The van der Waals surface area contributed by atoms with Crippen molar-refractivity contribution < 1.29 is 9.90 Å². The fourth-order valence-corrected chi connectivity index (χ4v) is 2.51. The van der Waals surface area contributed by atoms with Crippen LogP contribution in [0.5, 0.6) is 0 Å². The molecule has 0 aliphatic carbocycles. The molecular formula is C14H17BrN4O2. The molecule has 1 aromatic heterocycles. The van der Waals surface area contributed by atoms with E-state index in [0.717, 1.165) is 22.9 Å². The van der Waals surface area contributed by atoms with Crippen LogP contribution in [0.4, 0.5) is 0 Å². The van der Waals surface area contributed by atoms with Crippen molar-refractivity contribution in [1.82, 2.24) is 20.2 Å². The Hall–Kier alpha value is -1.76. The van der Waals surface area contributed by atoms with E-state index in [2.05, 4.69) is 31.5 Å². The van der Waals surface area contributed by atoms with Crippen LogP contribution in [0.25, 0.3) is 0 Å². The molecule has 0 saturated carbocycles. The monoisotopic (exact) mass is 352 g/mol. The lowest BCUT2D eigenvalue weighted by Crippen LogP contribution is -2.18. The lowest BCUT2D eigenvalue weighted by Gasteiger charge is -2.15. The van der Waals surface area contributed by atoms with Gasteiger partial charge in [0.05, 0.1) is 12.5 Å². The van der Waals surface area contributed by atoms with Crippen LogP contribution in [0.15, 0.2) is 28.7 Å². The number of tetrazole rings is 1. The smallest absolute Gasteiger partial charge is 0.305 e. The van der Waals surface area contributed by atoms with Gasteiger partial charge in [0.2, 0.25) is 0 Å². The van der Waals surface area contributed by atoms with E-state index < -0.39 is 5.97 Å². The van der Waals surface area contributed by atoms with Crippen molar-refractivity contribution in [2.24, 2.45) is 0 Å². The molecule has 0 aliphatic heterocycles. The highest BCUT2D eigenvalue weighted by Gasteiger charge is 2.19. The van der Waals surface area contributed by atoms with E-state index in [0.29, 0.717) is 12.2 Å². The number of hydrogen-bond acceptors (Lipinski definition) is 4. The highest BCUT2D eigenvalue weighted by Crippen LogP contribution is 2.20. The van der Waals surface area contributed by atoms with Crippen molar-refractivity contribution in [2.75, 3.05) is 0 Å². The fraction of sp³-hybridized carbons (Fsp3) is 0.429. The normalized spacial score (nSPS) is 12.3. The molecule has 1 atom stereocenters. The van der Waals surface area contributed by atoms with E-state index in [1.807, 2.05) is 31.2 Å². The molecule has 0 bridgehead atoms. The second kappa shape index (κ2) is 7.31. The molecule has 0 fully saturated rings. The number of halogens is 1. The first-order chi connectivity index (χ1) is 10.1. The molecule has 2 aromatic rings. The summed E-state index contributed by atoms with van der Waals surface area (Å²) in [5, 5.41) is 20.8. The first-order valence-electron chi connectivity index (χ1n) is 6.83. The summed E-state index contributed by atoms with van der Waals surface area (Å²) in [7, 11) is 0. The number of benzene rings is 1. The van der Waals surface area contributed by atoms with E-state index >= 15 is 0 Å². The SMILES string of the molecule is CCCC(CC(=O)O)n1nnnc1Cc1ccc(Br)cc1. The number of carboxylic acids is 1. The maximum atomic E-state index is 11.0. The number of nitrogens with zero attached hydrogens (tertiary/aromatic N) is 4. The molecule has 6 nitrogen and oxygen atoms in total. The Bertz CT molecular complexity index is 597. The first kappa shape index (κ1) is 15.6. The summed E-state index contributed by atoms with van der Waals surface area (Å²) in [5.74, 6) is -0.143. The largest absolute Gasteiger partial charge is 0.481 e. The standard InChI is InChI=1S/C14H17BrN4O2/c1-2-3-12(9-14(20)21)19-13(16-17-18-19)8-10-4-6-11(15)7-5-10/h4-7,12H,2-3,8-9H2,1H3,(H,20,21). The minimum Gasteiger partial charge on any atom is -0.481 e. The molecule has 1 heterocycles. The summed E-state index contributed by atoms with van der Waals surface area (Å²) in [6.45, 7) is 2.02. The Kier molecular flexibility index (Phi) is 5.44. The molecule has 0 saturated heterocycles. The van der Waals surface area contributed by atoms with Crippen LogP contribution in [0, 0.1) is 0 Å². The molecule has 1 aromatic carbocycles. The Morgan fingerprint density at radius 1 is 1.38 bits per heavy atom. The second-order valence-corrected chi connectivity index (χ2v) is 5.80. The van der Waals surface area contributed by atoms with Gasteiger partial charge in [-0.1, -0.05) is 41.4 Å². The molecule has 1 N–H and O–H groups in total. The van der Waals surface area contributed by atoms with Crippen molar-refractivity contribution in [3.05, 3.63) is 40.1 Å². The van der Waals surface area contributed by atoms with E-state index in [1.54, 1.807) is 4.68 Å². The van der Waals surface area contributed by atoms with Gasteiger partial charge in [0.25, 0.3) is 0 Å². The van der Waals surface area contributed by atoms with E-state index in [1.165, 1.54) is 0 Å². The quantitative estimate of drug-likeness (QED) is 0.828. The molecule has 7 heteroatoms. The summed E-state index contributed by atoms with van der Waals surface area (Å²) in [6, 6.07) is 7.71. The summed E-state index contributed by atoms with van der Waals surface area (Å²) in [4.78, 5) is 11.0. The molecule has 112 valence electrons. The first-order valence-corrected chi connectivity index (χ1v) is 7.62. The third-order valence-electron chi connectivity index (χ3n) is 3.21. The second-order valence-electron chi connectivity index (χ2n) is 4.88. The molecule has 0 amide bonds. The highest BCUT2D eigenvalue weighted by molar-refractivity contribution is 9.10. The highest BCUT2D eigenvalue weighted by atomic mass is 79.9. The summed E-state index contributed by atoms with van der Waals surface area (Å²) >= 11 is 3.40. The predicted molar refractivity (Wildman–Crippen MR) is 81.0 cm³/mol.